The highest BCUT2D eigenvalue weighted by Crippen LogP contribution is 2.50. The summed E-state index contributed by atoms with van der Waals surface area (Å²) in [6, 6.07) is 67.3. The Labute approximate surface area is 332 Å². The molecule has 0 saturated carbocycles. The third-order valence-electron chi connectivity index (χ3n) is 11.9. The van der Waals surface area contributed by atoms with Crippen LogP contribution in [0.25, 0.3) is 99.9 Å². The highest BCUT2D eigenvalue weighted by molar-refractivity contribution is 6.20. The Morgan fingerprint density at radius 3 is 1.67 bits per heavy atom. The Balaban J connectivity index is 1.05. The molecular weight excluding hydrogens is 691 g/mol. The molecular formula is C54H37N3. The lowest BCUT2D eigenvalue weighted by Crippen LogP contribution is -2.14. The van der Waals surface area contributed by atoms with Crippen LogP contribution in [0.2, 0.25) is 0 Å². The van der Waals surface area contributed by atoms with Gasteiger partial charge in [0.25, 0.3) is 0 Å². The molecule has 3 heteroatoms. The number of hydrogen-bond acceptors (Lipinski definition) is 3. The van der Waals surface area contributed by atoms with Crippen LogP contribution in [0.4, 0.5) is 0 Å². The lowest BCUT2D eigenvalue weighted by molar-refractivity contribution is 0.660. The van der Waals surface area contributed by atoms with Gasteiger partial charge >= 0.3 is 0 Å². The molecule has 3 nitrogen and oxygen atoms in total. The Bertz CT molecular complexity index is 3200. The van der Waals surface area contributed by atoms with Crippen LogP contribution in [-0.4, -0.2) is 15.0 Å². The molecule has 10 aromatic rings. The lowest BCUT2D eigenvalue weighted by atomic mass is 9.81. The minimum absolute atomic E-state index is 0.101. The van der Waals surface area contributed by atoms with Crippen LogP contribution in [0.3, 0.4) is 0 Å². The van der Waals surface area contributed by atoms with Gasteiger partial charge in [-0.25, -0.2) is 15.0 Å². The van der Waals surface area contributed by atoms with Gasteiger partial charge in [-0.3, -0.25) is 0 Å². The fraction of sp³-hybridized carbons (Fsp3) is 0.0556. The summed E-state index contributed by atoms with van der Waals surface area (Å²) in [5.74, 6) is 1.93. The van der Waals surface area contributed by atoms with Crippen molar-refractivity contribution in [2.45, 2.75) is 19.3 Å². The average molecular weight is 728 g/mol. The van der Waals surface area contributed by atoms with Crippen molar-refractivity contribution in [3.8, 4) is 67.5 Å². The number of nitrogens with zero attached hydrogens (tertiary/aromatic N) is 3. The van der Waals surface area contributed by atoms with E-state index in [4.69, 9.17) is 15.0 Å². The van der Waals surface area contributed by atoms with Crippen molar-refractivity contribution < 1.29 is 0 Å². The molecule has 11 rings (SSSR count). The molecule has 0 saturated heterocycles. The predicted octanol–water partition coefficient (Wildman–Crippen LogP) is 14.0. The number of fused-ring (bicyclic) bond motifs is 7. The van der Waals surface area contributed by atoms with Crippen molar-refractivity contribution in [2.75, 3.05) is 0 Å². The van der Waals surface area contributed by atoms with Gasteiger partial charge in [-0.2, -0.15) is 0 Å². The first-order valence-corrected chi connectivity index (χ1v) is 19.6. The zero-order chi connectivity index (χ0) is 38.1. The van der Waals surface area contributed by atoms with E-state index in [1.54, 1.807) is 0 Å². The summed E-state index contributed by atoms with van der Waals surface area (Å²) >= 11 is 0. The predicted molar refractivity (Wildman–Crippen MR) is 237 cm³/mol. The molecule has 0 N–H and O–H groups in total. The summed E-state index contributed by atoms with van der Waals surface area (Å²) in [4.78, 5) is 15.5. The zero-order valence-corrected chi connectivity index (χ0v) is 31.7. The maximum absolute atomic E-state index is 5.23. The van der Waals surface area contributed by atoms with Crippen molar-refractivity contribution in [2.24, 2.45) is 0 Å². The molecule has 0 unspecified atom stereocenters. The zero-order valence-electron chi connectivity index (χ0n) is 31.7. The fourth-order valence-corrected chi connectivity index (χ4v) is 9.06. The van der Waals surface area contributed by atoms with E-state index >= 15 is 0 Å². The quantitative estimate of drug-likeness (QED) is 0.131. The van der Waals surface area contributed by atoms with E-state index in [-0.39, 0.29) is 5.41 Å². The van der Waals surface area contributed by atoms with Gasteiger partial charge in [0, 0.05) is 22.1 Å². The standard InChI is InChI=1S/C54H37N3/c1-54(2)48-23-13-12-21-43(48)44-30-29-39(33-49(44)54)41-19-10-11-22-46(41)53-56-51(36-15-4-3-5-16-36)55-52(57-53)37-26-24-35(25-27-37)50-42-20-9-7-17-38(42)32-47-40-18-8-6-14-34(40)28-31-45(47)50/h3-33H,1-2H3. The molecule has 1 aromatic heterocycles. The number of aromatic nitrogens is 3. The number of benzene rings is 9. The van der Waals surface area contributed by atoms with E-state index in [0.717, 1.165) is 33.4 Å². The maximum Gasteiger partial charge on any atom is 0.164 e. The molecule has 0 amide bonds. The van der Waals surface area contributed by atoms with Crippen molar-refractivity contribution in [1.29, 1.82) is 0 Å². The Morgan fingerprint density at radius 2 is 0.877 bits per heavy atom. The summed E-state index contributed by atoms with van der Waals surface area (Å²) in [5, 5.41) is 7.47. The molecule has 0 radical (unpaired) electrons. The molecule has 0 bridgehead atoms. The van der Waals surface area contributed by atoms with Crippen LogP contribution in [0, 0.1) is 0 Å². The molecule has 268 valence electrons. The summed E-state index contributed by atoms with van der Waals surface area (Å²) in [5.41, 5.74) is 12.7. The second-order valence-electron chi connectivity index (χ2n) is 15.6. The van der Waals surface area contributed by atoms with Crippen LogP contribution in [-0.2, 0) is 5.41 Å². The Hall–Kier alpha value is -7.23. The van der Waals surface area contributed by atoms with Gasteiger partial charge in [0.05, 0.1) is 0 Å². The van der Waals surface area contributed by atoms with Crippen LogP contribution in [0.5, 0.6) is 0 Å². The second-order valence-corrected chi connectivity index (χ2v) is 15.6. The SMILES string of the molecule is CC1(C)c2ccccc2-c2ccc(-c3ccccc3-c3nc(-c4ccccc4)nc(-c4ccc(-c5c6ccccc6cc6c5ccc5ccccc56)cc4)n3)cc21. The van der Waals surface area contributed by atoms with Crippen LogP contribution in [0.15, 0.2) is 188 Å². The van der Waals surface area contributed by atoms with Gasteiger partial charge in [-0.1, -0.05) is 190 Å². The highest BCUT2D eigenvalue weighted by Gasteiger charge is 2.35. The number of rotatable bonds is 5. The van der Waals surface area contributed by atoms with Gasteiger partial charge in [0.2, 0.25) is 0 Å². The molecule has 9 aromatic carbocycles. The normalized spacial score (nSPS) is 12.9. The van der Waals surface area contributed by atoms with E-state index < -0.39 is 0 Å². The van der Waals surface area contributed by atoms with E-state index in [1.165, 1.54) is 60.1 Å². The summed E-state index contributed by atoms with van der Waals surface area (Å²) in [6.45, 7) is 4.65. The van der Waals surface area contributed by atoms with E-state index in [1.807, 2.05) is 18.2 Å². The molecule has 1 heterocycles. The maximum atomic E-state index is 5.23. The summed E-state index contributed by atoms with van der Waals surface area (Å²) in [7, 11) is 0. The molecule has 0 fully saturated rings. The van der Waals surface area contributed by atoms with Gasteiger partial charge in [-0.05, 0) is 89.0 Å². The minimum atomic E-state index is -0.101. The Kier molecular flexibility index (Phi) is 7.52. The lowest BCUT2D eigenvalue weighted by Gasteiger charge is -2.22. The average Bonchev–Trinajstić information content (AvgIpc) is 3.51. The highest BCUT2D eigenvalue weighted by atomic mass is 15.0. The first-order valence-electron chi connectivity index (χ1n) is 19.6. The van der Waals surface area contributed by atoms with E-state index in [0.29, 0.717) is 17.5 Å². The van der Waals surface area contributed by atoms with E-state index in [9.17, 15) is 0 Å². The van der Waals surface area contributed by atoms with Crippen LogP contribution in [0.1, 0.15) is 25.0 Å². The molecule has 1 aliphatic rings. The van der Waals surface area contributed by atoms with Crippen molar-refractivity contribution in [3.05, 3.63) is 199 Å². The third kappa shape index (κ3) is 5.38. The Morgan fingerprint density at radius 1 is 0.316 bits per heavy atom. The first kappa shape index (κ1) is 33.1. The molecule has 0 aliphatic heterocycles. The van der Waals surface area contributed by atoms with Crippen molar-refractivity contribution >= 4 is 32.3 Å². The molecule has 0 atom stereocenters. The van der Waals surface area contributed by atoms with Gasteiger partial charge in [-0.15, -0.1) is 0 Å². The molecule has 57 heavy (non-hydrogen) atoms. The second kappa shape index (κ2) is 12.9. The van der Waals surface area contributed by atoms with Crippen LogP contribution < -0.4 is 0 Å². The topological polar surface area (TPSA) is 38.7 Å². The summed E-state index contributed by atoms with van der Waals surface area (Å²) < 4.78 is 0. The number of hydrogen-bond donors (Lipinski definition) is 0. The first-order chi connectivity index (χ1) is 28.0. The largest absolute Gasteiger partial charge is 0.208 e. The fourth-order valence-electron chi connectivity index (χ4n) is 9.06. The van der Waals surface area contributed by atoms with Crippen LogP contribution >= 0.6 is 0 Å². The molecule has 0 spiro atoms. The van der Waals surface area contributed by atoms with E-state index in [2.05, 4.69) is 184 Å². The monoisotopic (exact) mass is 727 g/mol. The van der Waals surface area contributed by atoms with Gasteiger partial charge < -0.3 is 0 Å². The molecule has 1 aliphatic carbocycles. The van der Waals surface area contributed by atoms with Gasteiger partial charge in [0.15, 0.2) is 17.5 Å². The minimum Gasteiger partial charge on any atom is -0.208 e. The van der Waals surface area contributed by atoms with Gasteiger partial charge in [0.1, 0.15) is 0 Å². The van der Waals surface area contributed by atoms with Crippen molar-refractivity contribution in [1.82, 2.24) is 15.0 Å². The van der Waals surface area contributed by atoms with Crippen molar-refractivity contribution in [3.63, 3.8) is 0 Å². The third-order valence-corrected chi connectivity index (χ3v) is 11.9. The smallest absolute Gasteiger partial charge is 0.164 e. The summed E-state index contributed by atoms with van der Waals surface area (Å²) in [6.07, 6.45) is 0.